The van der Waals surface area contributed by atoms with Crippen LogP contribution in [0, 0.1) is 0 Å². The van der Waals surface area contributed by atoms with Gasteiger partial charge in [-0.3, -0.25) is 9.59 Å². The maximum absolute atomic E-state index is 12.3. The van der Waals surface area contributed by atoms with Gasteiger partial charge in [-0.15, -0.1) is 0 Å². The Balaban J connectivity index is 1.70. The van der Waals surface area contributed by atoms with E-state index in [0.717, 1.165) is 18.7 Å². The Kier molecular flexibility index (Phi) is 4.84. The molecule has 5 nitrogen and oxygen atoms in total. The highest BCUT2D eigenvalue weighted by atomic mass is 16.5. The molecule has 0 saturated carbocycles. The molecule has 1 heterocycles. The van der Waals surface area contributed by atoms with E-state index in [1.54, 1.807) is 47.4 Å². The average molecular weight is 337 g/mol. The second-order valence-electron chi connectivity index (χ2n) is 5.82. The molecule has 1 aliphatic rings. The Labute approximate surface area is 146 Å². The Hall–Kier alpha value is -3.08. The number of phenolic OH excluding ortho intramolecular Hbond substituents is 1. The van der Waals surface area contributed by atoms with E-state index in [-0.39, 0.29) is 17.4 Å². The van der Waals surface area contributed by atoms with Gasteiger partial charge in [0.25, 0.3) is 0 Å². The minimum atomic E-state index is -0.144. The van der Waals surface area contributed by atoms with Crippen LogP contribution < -0.4 is 9.64 Å². The summed E-state index contributed by atoms with van der Waals surface area (Å²) < 4.78 is 4.99. The number of carbonyl (C=O) groups is 2. The predicted octanol–water partition coefficient (Wildman–Crippen LogP) is 3.42. The molecule has 0 radical (unpaired) electrons. The zero-order valence-electron chi connectivity index (χ0n) is 13.9. The Morgan fingerprint density at radius 3 is 2.56 bits per heavy atom. The molecule has 25 heavy (non-hydrogen) atoms. The summed E-state index contributed by atoms with van der Waals surface area (Å²) >= 11 is 0. The van der Waals surface area contributed by atoms with Gasteiger partial charge in [0.2, 0.25) is 5.91 Å². The number of allylic oxidation sites excluding steroid dienone is 1. The number of methoxy groups -OCH3 is 1. The highest BCUT2D eigenvalue weighted by Gasteiger charge is 2.21. The molecule has 1 fully saturated rings. The fraction of sp³-hybridized carbons (Fsp3) is 0.200. The van der Waals surface area contributed by atoms with Crippen molar-refractivity contribution >= 4 is 23.5 Å². The van der Waals surface area contributed by atoms with Crippen LogP contribution in [0.3, 0.4) is 0 Å². The fourth-order valence-electron chi connectivity index (χ4n) is 2.81. The molecule has 1 N–H and O–H groups in total. The lowest BCUT2D eigenvalue weighted by atomic mass is 10.1. The number of benzene rings is 2. The van der Waals surface area contributed by atoms with Crippen LogP contribution >= 0.6 is 0 Å². The summed E-state index contributed by atoms with van der Waals surface area (Å²) in [7, 11) is 1.48. The summed E-state index contributed by atoms with van der Waals surface area (Å²) in [6.07, 6.45) is 4.55. The number of aromatic hydroxyl groups is 1. The molecule has 0 atom stereocenters. The van der Waals surface area contributed by atoms with Crippen molar-refractivity contribution in [3.63, 3.8) is 0 Å². The van der Waals surface area contributed by atoms with Gasteiger partial charge in [0.05, 0.1) is 7.11 Å². The summed E-state index contributed by atoms with van der Waals surface area (Å²) in [4.78, 5) is 25.8. The topological polar surface area (TPSA) is 66.8 Å². The van der Waals surface area contributed by atoms with E-state index < -0.39 is 0 Å². The molecule has 0 aliphatic carbocycles. The zero-order valence-corrected chi connectivity index (χ0v) is 13.9. The molecule has 1 saturated heterocycles. The van der Waals surface area contributed by atoms with Gasteiger partial charge in [0, 0.05) is 24.2 Å². The SMILES string of the molecule is COc1ccc(/C=C/C(=O)c2ccc(N3CCCC3=O)cc2)cc1O. The number of carbonyl (C=O) groups excluding carboxylic acids is 2. The van der Waals surface area contributed by atoms with Gasteiger partial charge in [0.1, 0.15) is 0 Å². The van der Waals surface area contributed by atoms with Crippen molar-refractivity contribution in [1.29, 1.82) is 0 Å². The normalized spacial score (nSPS) is 14.3. The summed E-state index contributed by atoms with van der Waals surface area (Å²) in [5.41, 5.74) is 2.07. The zero-order chi connectivity index (χ0) is 17.8. The molecule has 5 heteroatoms. The van der Waals surface area contributed by atoms with E-state index in [9.17, 15) is 14.7 Å². The molecule has 0 aromatic heterocycles. The van der Waals surface area contributed by atoms with Gasteiger partial charge in [0.15, 0.2) is 17.3 Å². The van der Waals surface area contributed by atoms with E-state index in [0.29, 0.717) is 23.3 Å². The maximum atomic E-state index is 12.3. The number of hydrogen-bond acceptors (Lipinski definition) is 4. The minimum Gasteiger partial charge on any atom is -0.504 e. The van der Waals surface area contributed by atoms with Crippen molar-refractivity contribution in [1.82, 2.24) is 0 Å². The van der Waals surface area contributed by atoms with Crippen molar-refractivity contribution in [3.05, 3.63) is 59.7 Å². The van der Waals surface area contributed by atoms with Crippen LogP contribution in [0.15, 0.2) is 48.5 Å². The monoisotopic (exact) mass is 337 g/mol. The van der Waals surface area contributed by atoms with Crippen molar-refractivity contribution in [2.45, 2.75) is 12.8 Å². The standard InChI is InChI=1S/C20H19NO4/c1-25-19-11-5-14(13-18(19)23)4-10-17(22)15-6-8-16(9-7-15)21-12-2-3-20(21)24/h4-11,13,23H,2-3,12H2,1H3/b10-4+. The molecule has 1 aliphatic heterocycles. The van der Waals surface area contributed by atoms with Crippen LogP contribution in [0.5, 0.6) is 11.5 Å². The van der Waals surface area contributed by atoms with Gasteiger partial charge in [-0.2, -0.15) is 0 Å². The Bertz CT molecular complexity index is 824. The van der Waals surface area contributed by atoms with Crippen molar-refractivity contribution < 1.29 is 19.4 Å². The molecule has 0 spiro atoms. The smallest absolute Gasteiger partial charge is 0.227 e. The summed E-state index contributed by atoms with van der Waals surface area (Å²) in [6.45, 7) is 0.729. The molecule has 128 valence electrons. The van der Waals surface area contributed by atoms with E-state index in [4.69, 9.17) is 4.74 Å². The van der Waals surface area contributed by atoms with E-state index in [1.807, 2.05) is 0 Å². The molecule has 2 aromatic carbocycles. The average Bonchev–Trinajstić information content (AvgIpc) is 3.06. The molecular weight excluding hydrogens is 318 g/mol. The third-order valence-corrected chi connectivity index (χ3v) is 4.17. The van der Waals surface area contributed by atoms with Crippen LogP contribution in [0.4, 0.5) is 5.69 Å². The number of hydrogen-bond donors (Lipinski definition) is 1. The lowest BCUT2D eigenvalue weighted by molar-refractivity contribution is -0.117. The number of nitrogens with zero attached hydrogens (tertiary/aromatic N) is 1. The highest BCUT2D eigenvalue weighted by molar-refractivity contribution is 6.07. The van der Waals surface area contributed by atoms with Gasteiger partial charge in [-0.1, -0.05) is 12.1 Å². The van der Waals surface area contributed by atoms with E-state index in [2.05, 4.69) is 0 Å². The molecule has 0 unspecified atom stereocenters. The second kappa shape index (κ2) is 7.21. The van der Waals surface area contributed by atoms with Gasteiger partial charge >= 0.3 is 0 Å². The molecular formula is C20H19NO4. The van der Waals surface area contributed by atoms with Crippen molar-refractivity contribution in [2.24, 2.45) is 0 Å². The van der Waals surface area contributed by atoms with Gasteiger partial charge in [-0.25, -0.2) is 0 Å². The lowest BCUT2D eigenvalue weighted by Crippen LogP contribution is -2.23. The lowest BCUT2D eigenvalue weighted by Gasteiger charge is -2.15. The highest BCUT2D eigenvalue weighted by Crippen LogP contribution is 2.27. The Morgan fingerprint density at radius 2 is 1.96 bits per heavy atom. The number of phenols is 1. The first kappa shape index (κ1) is 16.8. The summed E-state index contributed by atoms with van der Waals surface area (Å²) in [5, 5.41) is 9.75. The first-order valence-corrected chi connectivity index (χ1v) is 8.08. The maximum Gasteiger partial charge on any atom is 0.227 e. The van der Waals surface area contributed by atoms with E-state index in [1.165, 1.54) is 19.3 Å². The first-order chi connectivity index (χ1) is 12.1. The van der Waals surface area contributed by atoms with Crippen LogP contribution in [0.2, 0.25) is 0 Å². The minimum absolute atomic E-state index is 0.0248. The van der Waals surface area contributed by atoms with Crippen LogP contribution in [0.25, 0.3) is 6.08 Å². The van der Waals surface area contributed by atoms with Crippen molar-refractivity contribution in [3.8, 4) is 11.5 Å². The van der Waals surface area contributed by atoms with Crippen LogP contribution in [0.1, 0.15) is 28.8 Å². The largest absolute Gasteiger partial charge is 0.504 e. The third-order valence-electron chi connectivity index (χ3n) is 4.17. The summed E-state index contributed by atoms with van der Waals surface area (Å²) in [5.74, 6) is 0.389. The van der Waals surface area contributed by atoms with E-state index >= 15 is 0 Å². The van der Waals surface area contributed by atoms with Crippen LogP contribution in [-0.4, -0.2) is 30.5 Å². The van der Waals surface area contributed by atoms with Gasteiger partial charge < -0.3 is 14.7 Å². The third kappa shape index (κ3) is 3.71. The quantitative estimate of drug-likeness (QED) is 0.670. The molecule has 3 rings (SSSR count). The second-order valence-corrected chi connectivity index (χ2v) is 5.82. The fourth-order valence-corrected chi connectivity index (χ4v) is 2.81. The predicted molar refractivity (Wildman–Crippen MR) is 96.1 cm³/mol. The molecule has 1 amide bonds. The number of ether oxygens (including phenoxy) is 1. The first-order valence-electron chi connectivity index (χ1n) is 8.08. The molecule has 0 bridgehead atoms. The number of anilines is 1. The Morgan fingerprint density at radius 1 is 1.20 bits per heavy atom. The molecule has 2 aromatic rings. The number of amides is 1. The number of rotatable bonds is 5. The number of ketones is 1. The van der Waals surface area contributed by atoms with Gasteiger partial charge in [-0.05, 0) is 54.5 Å². The van der Waals surface area contributed by atoms with Crippen LogP contribution in [-0.2, 0) is 4.79 Å². The summed E-state index contributed by atoms with van der Waals surface area (Å²) in [6, 6.07) is 12.0. The van der Waals surface area contributed by atoms with Crippen molar-refractivity contribution in [2.75, 3.05) is 18.6 Å².